The van der Waals surface area contributed by atoms with Gasteiger partial charge < -0.3 is 24.4 Å². The number of β-amino-alcohol motifs (C(OH)–C–C–N with tert-alkyl or cyclic N) is 1. The van der Waals surface area contributed by atoms with E-state index in [4.69, 9.17) is 21.1 Å². The highest BCUT2D eigenvalue weighted by atomic mass is 35.5. The number of likely N-dealkylation sites (tertiary alicyclic amines) is 1. The number of aliphatic hydroxyl groups is 1. The quantitative estimate of drug-likeness (QED) is 0.276. The Hall–Kier alpha value is -2.68. The summed E-state index contributed by atoms with van der Waals surface area (Å²) in [5, 5.41) is 10.3. The molecule has 9 heteroatoms. The van der Waals surface area contributed by atoms with Gasteiger partial charge in [-0.25, -0.2) is 0 Å². The zero-order valence-electron chi connectivity index (χ0n) is 20.5. The number of hydrogen-bond donors (Lipinski definition) is 1. The summed E-state index contributed by atoms with van der Waals surface area (Å²) < 4.78 is 12.2. The van der Waals surface area contributed by atoms with Gasteiger partial charge in [0.25, 0.3) is 5.91 Å². The van der Waals surface area contributed by atoms with Crippen molar-refractivity contribution in [2.75, 3.05) is 31.2 Å². The van der Waals surface area contributed by atoms with Crippen LogP contribution < -0.4 is 4.90 Å². The van der Waals surface area contributed by atoms with Crippen molar-refractivity contribution >= 4 is 35.1 Å². The molecular formula is C27H33ClN2O6. The average Bonchev–Trinajstić information content (AvgIpc) is 3.47. The second-order valence-corrected chi connectivity index (χ2v) is 9.98. The molecule has 3 aliphatic rings. The van der Waals surface area contributed by atoms with Crippen molar-refractivity contribution in [2.45, 2.75) is 49.9 Å². The van der Waals surface area contributed by atoms with Crippen LogP contribution in [0.25, 0.3) is 0 Å². The Labute approximate surface area is 216 Å². The van der Waals surface area contributed by atoms with Gasteiger partial charge in [0.2, 0.25) is 5.91 Å². The molecule has 1 aromatic rings. The third-order valence-electron chi connectivity index (χ3n) is 7.79. The molecule has 0 radical (unpaired) electrons. The minimum absolute atomic E-state index is 0.0449. The molecule has 1 spiro atoms. The van der Waals surface area contributed by atoms with Gasteiger partial charge in [0.1, 0.15) is 17.6 Å². The SMILES string of the molecule is C=CCCOC(=O)[C@@H]1[C@H]2C(=O)N(CCO)C(C(=O)N(CC=C)c3ccc(Cl)cc3)C23CC[C@@]1(CC)O3. The molecule has 1 aromatic carbocycles. The highest BCUT2D eigenvalue weighted by Gasteiger charge is 2.79. The number of nitrogens with zero attached hydrogens (tertiary/aromatic N) is 2. The molecule has 36 heavy (non-hydrogen) atoms. The van der Waals surface area contributed by atoms with Gasteiger partial charge in [-0.3, -0.25) is 14.4 Å². The minimum atomic E-state index is -1.19. The van der Waals surface area contributed by atoms with Crippen LogP contribution in [0.1, 0.15) is 32.6 Å². The standard InChI is InChI=1S/C27H33ClN2O6/c1-4-7-17-35-25(34)21-20-23(32)30(15-16-31)22(27(20)13-12-26(21,6-3)36-27)24(33)29(14-5-2)19-10-8-18(28)9-11-19/h4-5,8-11,20-22,31H,1-2,6-7,12-17H2,3H3/t20-,21-,22?,26+,27?/m0/s1. The summed E-state index contributed by atoms with van der Waals surface area (Å²) >= 11 is 6.06. The van der Waals surface area contributed by atoms with Gasteiger partial charge in [0, 0.05) is 23.8 Å². The zero-order valence-corrected chi connectivity index (χ0v) is 21.3. The highest BCUT2D eigenvalue weighted by Crippen LogP contribution is 2.64. The van der Waals surface area contributed by atoms with E-state index >= 15 is 0 Å². The lowest BCUT2D eigenvalue weighted by Crippen LogP contribution is -2.56. The van der Waals surface area contributed by atoms with Crippen molar-refractivity contribution in [3.05, 3.63) is 54.6 Å². The van der Waals surface area contributed by atoms with Crippen LogP contribution in [-0.4, -0.2) is 71.3 Å². The molecule has 2 amide bonds. The molecule has 2 bridgehead atoms. The molecule has 0 aromatic heterocycles. The number of fused-ring (bicyclic) bond motifs is 1. The predicted molar refractivity (Wildman–Crippen MR) is 135 cm³/mol. The summed E-state index contributed by atoms with van der Waals surface area (Å²) in [6, 6.07) is 5.83. The highest BCUT2D eigenvalue weighted by molar-refractivity contribution is 6.30. The predicted octanol–water partition coefficient (Wildman–Crippen LogP) is 3.13. The molecule has 0 saturated carbocycles. The second kappa shape index (κ2) is 10.4. The van der Waals surface area contributed by atoms with Gasteiger partial charge in [-0.05, 0) is 49.9 Å². The van der Waals surface area contributed by atoms with E-state index in [9.17, 15) is 19.5 Å². The molecule has 1 N–H and O–H groups in total. The molecule has 0 aliphatic carbocycles. The molecule has 3 saturated heterocycles. The molecule has 3 heterocycles. The van der Waals surface area contributed by atoms with Crippen LogP contribution >= 0.6 is 11.6 Å². The summed E-state index contributed by atoms with van der Waals surface area (Å²) in [4.78, 5) is 44.3. The van der Waals surface area contributed by atoms with E-state index in [2.05, 4.69) is 13.2 Å². The first-order chi connectivity index (χ1) is 17.3. The smallest absolute Gasteiger partial charge is 0.312 e. The van der Waals surface area contributed by atoms with E-state index in [0.29, 0.717) is 36.4 Å². The first-order valence-corrected chi connectivity index (χ1v) is 12.7. The van der Waals surface area contributed by atoms with Gasteiger partial charge in [0.05, 0.1) is 24.7 Å². The van der Waals surface area contributed by atoms with E-state index in [0.717, 1.165) is 0 Å². The maximum atomic E-state index is 14.2. The Morgan fingerprint density at radius 1 is 1.28 bits per heavy atom. The summed E-state index contributed by atoms with van der Waals surface area (Å²) in [6.45, 7) is 9.36. The van der Waals surface area contributed by atoms with Crippen molar-refractivity contribution in [1.29, 1.82) is 0 Å². The summed E-state index contributed by atoms with van der Waals surface area (Å²) in [5.74, 6) is -2.89. The Kier molecular flexibility index (Phi) is 7.59. The van der Waals surface area contributed by atoms with Crippen molar-refractivity contribution in [2.24, 2.45) is 11.8 Å². The van der Waals surface area contributed by atoms with Gasteiger partial charge in [-0.2, -0.15) is 0 Å². The van der Waals surface area contributed by atoms with E-state index < -0.39 is 35.0 Å². The maximum absolute atomic E-state index is 14.2. The monoisotopic (exact) mass is 516 g/mol. The summed E-state index contributed by atoms with van der Waals surface area (Å²) in [6.07, 6.45) is 5.26. The Morgan fingerprint density at radius 3 is 2.61 bits per heavy atom. The number of benzene rings is 1. The number of rotatable bonds is 11. The summed E-state index contributed by atoms with van der Waals surface area (Å²) in [7, 11) is 0. The van der Waals surface area contributed by atoms with E-state index in [1.54, 1.807) is 36.4 Å². The van der Waals surface area contributed by atoms with E-state index in [1.807, 2.05) is 6.92 Å². The molecule has 3 fully saturated rings. The second-order valence-electron chi connectivity index (χ2n) is 9.55. The molecular weight excluding hydrogens is 484 g/mol. The third kappa shape index (κ3) is 4.05. The maximum Gasteiger partial charge on any atom is 0.312 e. The fraction of sp³-hybridized carbons (Fsp3) is 0.519. The number of ether oxygens (including phenoxy) is 2. The molecule has 4 rings (SSSR count). The number of hydrogen-bond acceptors (Lipinski definition) is 6. The number of carbonyl (C=O) groups excluding carboxylic acids is 3. The lowest BCUT2D eigenvalue weighted by molar-refractivity contribution is -0.160. The van der Waals surface area contributed by atoms with Crippen LogP contribution in [0, 0.1) is 11.8 Å². The zero-order chi connectivity index (χ0) is 26.1. The number of carbonyl (C=O) groups is 3. The molecule has 5 atom stereocenters. The van der Waals surface area contributed by atoms with Crippen molar-refractivity contribution in [3.8, 4) is 0 Å². The number of anilines is 1. The topological polar surface area (TPSA) is 96.4 Å². The lowest BCUT2D eigenvalue weighted by Gasteiger charge is -2.36. The average molecular weight is 517 g/mol. The lowest BCUT2D eigenvalue weighted by atomic mass is 9.65. The van der Waals surface area contributed by atoms with Crippen molar-refractivity contribution in [1.82, 2.24) is 4.90 Å². The van der Waals surface area contributed by atoms with Crippen LogP contribution in [0.4, 0.5) is 5.69 Å². The van der Waals surface area contributed by atoms with Crippen LogP contribution in [-0.2, 0) is 23.9 Å². The number of aliphatic hydroxyl groups excluding tert-OH is 1. The Bertz CT molecular complexity index is 1050. The minimum Gasteiger partial charge on any atom is -0.465 e. The molecule has 2 unspecified atom stereocenters. The molecule has 8 nitrogen and oxygen atoms in total. The number of amides is 2. The Morgan fingerprint density at radius 2 is 2.00 bits per heavy atom. The summed E-state index contributed by atoms with van der Waals surface area (Å²) in [5.41, 5.74) is -1.47. The fourth-order valence-electron chi connectivity index (χ4n) is 6.26. The first-order valence-electron chi connectivity index (χ1n) is 12.4. The number of esters is 1. The fourth-order valence-corrected chi connectivity index (χ4v) is 6.38. The normalized spacial score (nSPS) is 30.2. The van der Waals surface area contributed by atoms with Crippen LogP contribution in [0.15, 0.2) is 49.6 Å². The third-order valence-corrected chi connectivity index (χ3v) is 8.04. The Balaban J connectivity index is 1.76. The number of halogens is 1. The van der Waals surface area contributed by atoms with Gasteiger partial charge in [-0.1, -0.05) is 30.7 Å². The van der Waals surface area contributed by atoms with Gasteiger partial charge in [-0.15, -0.1) is 13.2 Å². The van der Waals surface area contributed by atoms with E-state index in [-0.39, 0.29) is 38.1 Å². The largest absolute Gasteiger partial charge is 0.465 e. The van der Waals surface area contributed by atoms with Crippen LogP contribution in [0.3, 0.4) is 0 Å². The molecule has 3 aliphatic heterocycles. The van der Waals surface area contributed by atoms with E-state index in [1.165, 1.54) is 9.80 Å². The van der Waals surface area contributed by atoms with Gasteiger partial charge in [0.15, 0.2) is 0 Å². The van der Waals surface area contributed by atoms with Crippen molar-refractivity contribution in [3.63, 3.8) is 0 Å². The van der Waals surface area contributed by atoms with Crippen molar-refractivity contribution < 1.29 is 29.0 Å². The van der Waals surface area contributed by atoms with Crippen LogP contribution in [0.5, 0.6) is 0 Å². The first kappa shape index (κ1) is 26.4. The molecule has 194 valence electrons. The van der Waals surface area contributed by atoms with Gasteiger partial charge >= 0.3 is 5.97 Å². The van der Waals surface area contributed by atoms with Crippen LogP contribution in [0.2, 0.25) is 5.02 Å².